The third-order valence-electron chi connectivity index (χ3n) is 9.81. The Balaban J connectivity index is 1.08. The molecule has 5 heterocycles. The second kappa shape index (κ2) is 9.15. The van der Waals surface area contributed by atoms with Crippen molar-refractivity contribution in [1.82, 2.24) is 9.55 Å². The fourth-order valence-electron chi connectivity index (χ4n) is 7.71. The van der Waals surface area contributed by atoms with E-state index in [1.807, 2.05) is 30.3 Å². The quantitative estimate of drug-likeness (QED) is 0.186. The van der Waals surface area contributed by atoms with Crippen molar-refractivity contribution in [3.05, 3.63) is 140 Å². The number of rotatable bonds is 2. The lowest BCUT2D eigenvalue weighted by molar-refractivity contribution is 0.450. The molecule has 2 aliphatic heterocycles. The van der Waals surface area contributed by atoms with E-state index in [9.17, 15) is 0 Å². The Morgan fingerprint density at radius 2 is 1.26 bits per heavy atom. The molecule has 0 bridgehead atoms. The molecule has 218 valence electrons. The van der Waals surface area contributed by atoms with Gasteiger partial charge in [0, 0.05) is 45.0 Å². The lowest BCUT2D eigenvalue weighted by atomic mass is 9.35. The molecule has 6 aromatic carbocycles. The second-order valence-corrected chi connectivity index (χ2v) is 12.3. The summed E-state index contributed by atoms with van der Waals surface area (Å²) < 4.78 is 21.2. The first kappa shape index (κ1) is 25.0. The molecule has 0 radical (unpaired) electrons. The van der Waals surface area contributed by atoms with E-state index < -0.39 is 0 Å². The van der Waals surface area contributed by atoms with Crippen LogP contribution in [0.25, 0.3) is 60.6 Å². The van der Waals surface area contributed by atoms with Crippen LogP contribution in [0.4, 0.5) is 0 Å². The first-order valence-corrected chi connectivity index (χ1v) is 15.8. The number of ether oxygens (including phenoxy) is 2. The Kier molecular flexibility index (Phi) is 4.86. The summed E-state index contributed by atoms with van der Waals surface area (Å²) in [5.41, 5.74) is 10.7. The Labute approximate surface area is 269 Å². The largest absolute Gasteiger partial charge is 0.458 e. The van der Waals surface area contributed by atoms with Gasteiger partial charge in [0.2, 0.25) is 5.88 Å². The summed E-state index contributed by atoms with van der Waals surface area (Å²) in [7, 11) is 0. The molecule has 3 aromatic heterocycles. The SMILES string of the molecule is c1ccc2c(c1)Oc1nccc3c1B2c1ccc(-n2c4ccccc4c4cc(-c5ccc6oc7ccccc7c6c5)ccc42)cc1O3. The van der Waals surface area contributed by atoms with Crippen LogP contribution in [0.3, 0.4) is 0 Å². The van der Waals surface area contributed by atoms with Crippen LogP contribution >= 0.6 is 0 Å². The summed E-state index contributed by atoms with van der Waals surface area (Å²) >= 11 is 0. The molecular formula is C41H23BN2O3. The van der Waals surface area contributed by atoms with E-state index in [-0.39, 0.29) is 6.71 Å². The van der Waals surface area contributed by atoms with E-state index >= 15 is 0 Å². The molecule has 0 unspecified atom stereocenters. The number of aromatic nitrogens is 2. The Morgan fingerprint density at radius 3 is 2.21 bits per heavy atom. The number of fused-ring (bicyclic) bond motifs is 10. The highest BCUT2D eigenvalue weighted by atomic mass is 16.5. The standard InChI is InChI=1S/C41H23BN2O3/c1-4-10-33-27(7-1)29-21-24(25-14-18-36-30(22-25)28-8-2-5-11-35(28)45-36)13-17-34(29)44(33)26-15-16-32-39(23-26)46-38-19-20-43-41-40(38)42(32)31-9-3-6-12-37(31)47-41/h1-23H. The molecule has 11 rings (SSSR count). The fourth-order valence-corrected chi connectivity index (χ4v) is 7.71. The Morgan fingerprint density at radius 1 is 0.511 bits per heavy atom. The van der Waals surface area contributed by atoms with E-state index in [2.05, 4.69) is 113 Å². The van der Waals surface area contributed by atoms with Crippen molar-refractivity contribution in [3.8, 4) is 39.9 Å². The molecule has 0 atom stereocenters. The summed E-state index contributed by atoms with van der Waals surface area (Å²) in [4.78, 5) is 4.55. The summed E-state index contributed by atoms with van der Waals surface area (Å²) in [5.74, 6) is 3.08. The summed E-state index contributed by atoms with van der Waals surface area (Å²) in [6.45, 7) is -0.0122. The Bertz CT molecular complexity index is 2780. The van der Waals surface area contributed by atoms with Gasteiger partial charge >= 0.3 is 0 Å². The van der Waals surface area contributed by atoms with Gasteiger partial charge in [-0.2, -0.15) is 0 Å². The van der Waals surface area contributed by atoms with Crippen molar-refractivity contribution in [2.75, 3.05) is 0 Å². The summed E-state index contributed by atoms with van der Waals surface area (Å²) in [6.07, 6.45) is 1.76. The first-order valence-electron chi connectivity index (χ1n) is 15.8. The van der Waals surface area contributed by atoms with Crippen molar-refractivity contribution in [2.24, 2.45) is 0 Å². The maximum Gasteiger partial charge on any atom is 0.262 e. The summed E-state index contributed by atoms with van der Waals surface area (Å²) in [5, 5.41) is 4.67. The smallest absolute Gasteiger partial charge is 0.262 e. The minimum Gasteiger partial charge on any atom is -0.458 e. The van der Waals surface area contributed by atoms with Gasteiger partial charge in [0.1, 0.15) is 28.4 Å². The molecule has 0 spiro atoms. The minimum atomic E-state index is -0.0122. The molecule has 0 amide bonds. The zero-order valence-corrected chi connectivity index (χ0v) is 25.0. The number of benzene rings is 6. The first-order chi connectivity index (χ1) is 23.3. The topological polar surface area (TPSA) is 49.4 Å². The molecule has 0 N–H and O–H groups in total. The molecule has 2 aliphatic rings. The lowest BCUT2D eigenvalue weighted by Gasteiger charge is -2.32. The number of hydrogen-bond donors (Lipinski definition) is 0. The zero-order valence-electron chi connectivity index (χ0n) is 25.0. The molecule has 9 aromatic rings. The van der Waals surface area contributed by atoms with Crippen molar-refractivity contribution in [3.63, 3.8) is 0 Å². The molecule has 0 saturated heterocycles. The van der Waals surface area contributed by atoms with Gasteiger partial charge in [0.05, 0.1) is 11.0 Å². The van der Waals surface area contributed by atoms with Gasteiger partial charge in [-0.3, -0.25) is 0 Å². The molecular weight excluding hydrogens is 579 g/mol. The second-order valence-electron chi connectivity index (χ2n) is 12.3. The third-order valence-corrected chi connectivity index (χ3v) is 9.81. The van der Waals surface area contributed by atoms with Gasteiger partial charge in [0.15, 0.2) is 0 Å². The van der Waals surface area contributed by atoms with Crippen molar-refractivity contribution >= 4 is 66.8 Å². The van der Waals surface area contributed by atoms with Gasteiger partial charge in [-0.1, -0.05) is 72.8 Å². The molecule has 0 fully saturated rings. The van der Waals surface area contributed by atoms with Crippen LogP contribution in [0.2, 0.25) is 0 Å². The van der Waals surface area contributed by atoms with Gasteiger partial charge in [-0.25, -0.2) is 4.98 Å². The number of hydrogen-bond acceptors (Lipinski definition) is 4. The number of furan rings is 1. The molecule has 47 heavy (non-hydrogen) atoms. The average molecular weight is 602 g/mol. The normalized spacial score (nSPS) is 13.0. The maximum atomic E-state index is 6.60. The van der Waals surface area contributed by atoms with Crippen LogP contribution in [-0.2, 0) is 0 Å². The van der Waals surface area contributed by atoms with Gasteiger partial charge in [0.25, 0.3) is 6.71 Å². The van der Waals surface area contributed by atoms with Gasteiger partial charge in [-0.05, 0) is 76.6 Å². The molecule has 5 nitrogen and oxygen atoms in total. The van der Waals surface area contributed by atoms with Gasteiger partial charge < -0.3 is 18.5 Å². The maximum absolute atomic E-state index is 6.60. The van der Waals surface area contributed by atoms with Crippen molar-refractivity contribution in [1.29, 1.82) is 0 Å². The number of pyridine rings is 1. The summed E-state index contributed by atoms with van der Waals surface area (Å²) in [6, 6.07) is 46.9. The molecule has 0 saturated carbocycles. The van der Waals surface area contributed by atoms with E-state index in [0.29, 0.717) is 5.88 Å². The van der Waals surface area contributed by atoms with Crippen LogP contribution in [0, 0.1) is 0 Å². The third kappa shape index (κ3) is 3.47. The van der Waals surface area contributed by atoms with Crippen LogP contribution in [-0.4, -0.2) is 16.3 Å². The van der Waals surface area contributed by atoms with Crippen LogP contribution < -0.4 is 25.9 Å². The van der Waals surface area contributed by atoms with Crippen molar-refractivity contribution in [2.45, 2.75) is 0 Å². The van der Waals surface area contributed by atoms with Crippen LogP contribution in [0.5, 0.6) is 23.1 Å². The van der Waals surface area contributed by atoms with Crippen LogP contribution in [0.1, 0.15) is 0 Å². The molecule has 6 heteroatoms. The van der Waals surface area contributed by atoms with E-state index in [0.717, 1.165) is 77.9 Å². The average Bonchev–Trinajstić information content (AvgIpc) is 3.66. The number of para-hydroxylation sites is 3. The van der Waals surface area contributed by atoms with Crippen LogP contribution in [0.15, 0.2) is 144 Å². The van der Waals surface area contributed by atoms with E-state index in [1.54, 1.807) is 6.20 Å². The fraction of sp³-hybridized carbons (Fsp3) is 0. The van der Waals surface area contributed by atoms with E-state index in [4.69, 9.17) is 13.9 Å². The highest BCUT2D eigenvalue weighted by molar-refractivity contribution is 6.98. The highest BCUT2D eigenvalue weighted by Crippen LogP contribution is 2.39. The highest BCUT2D eigenvalue weighted by Gasteiger charge is 2.40. The monoisotopic (exact) mass is 602 g/mol. The molecule has 0 aliphatic carbocycles. The van der Waals surface area contributed by atoms with Gasteiger partial charge in [-0.15, -0.1) is 0 Å². The zero-order chi connectivity index (χ0) is 30.6. The minimum absolute atomic E-state index is 0.0122. The lowest BCUT2D eigenvalue weighted by Crippen LogP contribution is -2.57. The Hall–Kier alpha value is -6.27. The predicted octanol–water partition coefficient (Wildman–Crippen LogP) is 8.47. The number of nitrogens with zero attached hydrogens (tertiary/aromatic N) is 2. The predicted molar refractivity (Wildman–Crippen MR) is 189 cm³/mol. The van der Waals surface area contributed by atoms with E-state index in [1.165, 1.54) is 16.3 Å². The van der Waals surface area contributed by atoms with Crippen molar-refractivity contribution < 1.29 is 13.9 Å².